The number of esters is 3. The van der Waals surface area contributed by atoms with Crippen LogP contribution >= 0.6 is 0 Å². The standard InChI is InChI=1S/C49H94O6/c1-6-7-8-9-10-11-16-20-23-29-34-39-47(50)53-42-46(43-54-48(51)40-35-30-26-25-28-33-38-45(4)5)55-49(52)41-36-31-24-21-18-15-13-12-14-17-19-22-27-32-37-44(2)3/h44-46H,6-43H2,1-5H3/t46-/m0/s1. The predicted molar refractivity (Wildman–Crippen MR) is 233 cm³/mol. The lowest BCUT2D eigenvalue weighted by Gasteiger charge is -2.18. The Hall–Kier alpha value is -1.59. The van der Waals surface area contributed by atoms with Crippen LogP contribution in [0.1, 0.15) is 266 Å². The highest BCUT2D eigenvalue weighted by Crippen LogP contribution is 2.17. The predicted octanol–water partition coefficient (Wildman–Crippen LogP) is 15.4. The molecule has 0 aromatic carbocycles. The van der Waals surface area contributed by atoms with Crippen molar-refractivity contribution in [3.8, 4) is 0 Å². The zero-order valence-electron chi connectivity index (χ0n) is 37.6. The van der Waals surface area contributed by atoms with Gasteiger partial charge in [-0.2, -0.15) is 0 Å². The average Bonchev–Trinajstić information content (AvgIpc) is 3.15. The fourth-order valence-electron chi connectivity index (χ4n) is 7.28. The van der Waals surface area contributed by atoms with Gasteiger partial charge in [0.05, 0.1) is 0 Å². The fourth-order valence-corrected chi connectivity index (χ4v) is 7.28. The molecule has 0 bridgehead atoms. The van der Waals surface area contributed by atoms with Crippen molar-refractivity contribution < 1.29 is 28.6 Å². The third-order valence-corrected chi connectivity index (χ3v) is 11.0. The van der Waals surface area contributed by atoms with Crippen molar-refractivity contribution >= 4 is 17.9 Å². The minimum Gasteiger partial charge on any atom is -0.462 e. The van der Waals surface area contributed by atoms with E-state index >= 15 is 0 Å². The first-order valence-corrected chi connectivity index (χ1v) is 24.2. The van der Waals surface area contributed by atoms with Crippen LogP contribution in [0.3, 0.4) is 0 Å². The summed E-state index contributed by atoms with van der Waals surface area (Å²) in [5.41, 5.74) is 0. The summed E-state index contributed by atoms with van der Waals surface area (Å²) in [7, 11) is 0. The third-order valence-electron chi connectivity index (χ3n) is 11.0. The Morgan fingerprint density at radius 1 is 0.345 bits per heavy atom. The Bertz CT molecular complexity index is 839. The van der Waals surface area contributed by atoms with Gasteiger partial charge in [0.2, 0.25) is 0 Å². The Morgan fingerprint density at radius 2 is 0.600 bits per heavy atom. The van der Waals surface area contributed by atoms with E-state index in [1.54, 1.807) is 0 Å². The zero-order valence-corrected chi connectivity index (χ0v) is 37.6. The van der Waals surface area contributed by atoms with E-state index in [1.165, 1.54) is 154 Å². The molecule has 0 amide bonds. The first-order chi connectivity index (χ1) is 26.7. The topological polar surface area (TPSA) is 78.9 Å². The van der Waals surface area contributed by atoms with Crippen molar-refractivity contribution in [3.05, 3.63) is 0 Å². The summed E-state index contributed by atoms with van der Waals surface area (Å²) in [6.07, 6.45) is 41.0. The summed E-state index contributed by atoms with van der Waals surface area (Å²) in [6.45, 7) is 11.3. The van der Waals surface area contributed by atoms with Crippen molar-refractivity contribution in [2.24, 2.45) is 11.8 Å². The van der Waals surface area contributed by atoms with Crippen LogP contribution in [0.25, 0.3) is 0 Å². The summed E-state index contributed by atoms with van der Waals surface area (Å²) in [4.78, 5) is 37.7. The quantitative estimate of drug-likeness (QED) is 0.0348. The van der Waals surface area contributed by atoms with Gasteiger partial charge in [-0.1, -0.05) is 227 Å². The maximum atomic E-state index is 12.7. The number of carbonyl (C=O) groups excluding carboxylic acids is 3. The maximum Gasteiger partial charge on any atom is 0.306 e. The molecule has 6 heteroatoms. The van der Waals surface area contributed by atoms with Crippen molar-refractivity contribution in [2.75, 3.05) is 13.2 Å². The van der Waals surface area contributed by atoms with Crippen molar-refractivity contribution in [1.29, 1.82) is 0 Å². The molecule has 0 aromatic heterocycles. The SMILES string of the molecule is CCCCCCCCCCCCCC(=O)OC[C@@H](COC(=O)CCCCCCCCC(C)C)OC(=O)CCCCCCCCCCCCCCCCC(C)C. The molecule has 0 heterocycles. The van der Waals surface area contributed by atoms with Gasteiger partial charge in [0.15, 0.2) is 6.10 Å². The van der Waals surface area contributed by atoms with Gasteiger partial charge in [-0.05, 0) is 31.1 Å². The molecule has 1 atom stereocenters. The highest BCUT2D eigenvalue weighted by atomic mass is 16.6. The van der Waals surface area contributed by atoms with Gasteiger partial charge in [0.25, 0.3) is 0 Å². The van der Waals surface area contributed by atoms with Gasteiger partial charge in [-0.3, -0.25) is 14.4 Å². The monoisotopic (exact) mass is 779 g/mol. The van der Waals surface area contributed by atoms with Gasteiger partial charge in [-0.15, -0.1) is 0 Å². The molecule has 6 nitrogen and oxygen atoms in total. The molecule has 0 rings (SSSR count). The molecule has 326 valence electrons. The lowest BCUT2D eigenvalue weighted by molar-refractivity contribution is -0.167. The first-order valence-electron chi connectivity index (χ1n) is 24.2. The molecule has 0 fully saturated rings. The molecule has 0 aliphatic carbocycles. The average molecular weight is 779 g/mol. The molecular formula is C49H94O6. The van der Waals surface area contributed by atoms with Crippen molar-refractivity contribution in [1.82, 2.24) is 0 Å². The second-order valence-electron chi connectivity index (χ2n) is 17.7. The van der Waals surface area contributed by atoms with Gasteiger partial charge < -0.3 is 14.2 Å². The maximum absolute atomic E-state index is 12.7. The summed E-state index contributed by atoms with van der Waals surface area (Å²) in [5, 5.41) is 0. The Balaban J connectivity index is 4.27. The molecule has 0 aromatic rings. The highest BCUT2D eigenvalue weighted by Gasteiger charge is 2.19. The minimum atomic E-state index is -0.761. The van der Waals surface area contributed by atoms with E-state index in [0.717, 1.165) is 69.6 Å². The Kier molecular flexibility index (Phi) is 40.8. The zero-order chi connectivity index (χ0) is 40.5. The minimum absolute atomic E-state index is 0.0649. The van der Waals surface area contributed by atoms with Gasteiger partial charge >= 0.3 is 17.9 Å². The van der Waals surface area contributed by atoms with Crippen LogP contribution < -0.4 is 0 Å². The van der Waals surface area contributed by atoms with E-state index in [9.17, 15) is 14.4 Å². The second-order valence-corrected chi connectivity index (χ2v) is 17.7. The number of ether oxygens (including phenoxy) is 3. The molecular weight excluding hydrogens is 685 g/mol. The normalized spacial score (nSPS) is 12.1. The van der Waals surface area contributed by atoms with E-state index < -0.39 is 6.10 Å². The second kappa shape index (κ2) is 42.0. The van der Waals surface area contributed by atoms with Gasteiger partial charge in [-0.25, -0.2) is 0 Å². The fraction of sp³-hybridized carbons (Fsp3) is 0.939. The lowest BCUT2D eigenvalue weighted by Crippen LogP contribution is -2.30. The van der Waals surface area contributed by atoms with Gasteiger partial charge in [0, 0.05) is 19.3 Å². The highest BCUT2D eigenvalue weighted by molar-refractivity contribution is 5.71. The molecule has 0 saturated heterocycles. The number of hydrogen-bond acceptors (Lipinski definition) is 6. The van der Waals surface area contributed by atoms with Crippen LogP contribution in [0.5, 0.6) is 0 Å². The third kappa shape index (κ3) is 43.4. The molecule has 0 unspecified atom stereocenters. The molecule has 0 aliphatic rings. The Morgan fingerprint density at radius 3 is 0.891 bits per heavy atom. The van der Waals surface area contributed by atoms with E-state index in [2.05, 4.69) is 34.6 Å². The molecule has 0 radical (unpaired) electrons. The van der Waals surface area contributed by atoms with Crippen molar-refractivity contribution in [3.63, 3.8) is 0 Å². The van der Waals surface area contributed by atoms with Gasteiger partial charge in [0.1, 0.15) is 13.2 Å². The number of hydrogen-bond donors (Lipinski definition) is 0. The number of unbranched alkanes of at least 4 members (excludes halogenated alkanes) is 28. The van der Waals surface area contributed by atoms with Crippen LogP contribution in [0, 0.1) is 11.8 Å². The largest absolute Gasteiger partial charge is 0.462 e. The first kappa shape index (κ1) is 53.4. The van der Waals surface area contributed by atoms with Crippen LogP contribution in [0.4, 0.5) is 0 Å². The molecule has 0 N–H and O–H groups in total. The van der Waals surface area contributed by atoms with E-state index in [4.69, 9.17) is 14.2 Å². The Labute approximate surface area is 342 Å². The molecule has 0 aliphatic heterocycles. The van der Waals surface area contributed by atoms with Crippen LogP contribution in [0.15, 0.2) is 0 Å². The summed E-state index contributed by atoms with van der Waals surface area (Å²) in [6, 6.07) is 0. The summed E-state index contributed by atoms with van der Waals surface area (Å²) < 4.78 is 16.7. The van der Waals surface area contributed by atoms with Crippen LogP contribution in [-0.4, -0.2) is 37.2 Å². The van der Waals surface area contributed by atoms with Crippen molar-refractivity contribution in [2.45, 2.75) is 272 Å². The smallest absolute Gasteiger partial charge is 0.306 e. The molecule has 0 spiro atoms. The summed E-state index contributed by atoms with van der Waals surface area (Å²) >= 11 is 0. The lowest BCUT2D eigenvalue weighted by atomic mass is 10.0. The number of rotatable bonds is 43. The van der Waals surface area contributed by atoms with Crippen LogP contribution in [-0.2, 0) is 28.6 Å². The van der Waals surface area contributed by atoms with E-state index in [1.807, 2.05) is 0 Å². The van der Waals surface area contributed by atoms with E-state index in [-0.39, 0.29) is 31.1 Å². The van der Waals surface area contributed by atoms with Crippen LogP contribution in [0.2, 0.25) is 0 Å². The van der Waals surface area contributed by atoms with E-state index in [0.29, 0.717) is 19.3 Å². The molecule has 55 heavy (non-hydrogen) atoms. The number of carbonyl (C=O) groups is 3. The molecule has 0 saturated carbocycles. The summed E-state index contributed by atoms with van der Waals surface area (Å²) in [5.74, 6) is 0.749.